The van der Waals surface area contributed by atoms with E-state index in [-0.39, 0.29) is 0 Å². The summed E-state index contributed by atoms with van der Waals surface area (Å²) < 4.78 is 0. The van der Waals surface area contributed by atoms with Crippen molar-refractivity contribution in [1.29, 1.82) is 0 Å². The predicted molar refractivity (Wildman–Crippen MR) is 73.8 cm³/mol. The molecule has 0 amide bonds. The van der Waals surface area contributed by atoms with E-state index in [1.165, 1.54) is 16.3 Å². The second-order valence-electron chi connectivity index (χ2n) is 4.08. The fourth-order valence-electron chi connectivity index (χ4n) is 2.02. The van der Waals surface area contributed by atoms with E-state index in [1.54, 1.807) is 0 Å². The Morgan fingerprint density at radius 1 is 1.12 bits per heavy atom. The molecule has 1 atom stereocenters. The molecule has 0 bridgehead atoms. The van der Waals surface area contributed by atoms with Gasteiger partial charge < -0.3 is 5.32 Å². The number of hydrogen-bond donors (Lipinski definition) is 1. The van der Waals surface area contributed by atoms with Crippen LogP contribution in [0.3, 0.4) is 0 Å². The van der Waals surface area contributed by atoms with E-state index in [9.17, 15) is 0 Å². The molecular weight excluding hydrogens is 206 g/mol. The first-order chi connectivity index (χ1) is 8.35. The van der Waals surface area contributed by atoms with Crippen LogP contribution in [-0.2, 0) is 0 Å². The minimum atomic E-state index is 0.312. The van der Waals surface area contributed by atoms with Crippen LogP contribution in [0.4, 0.5) is 0 Å². The second kappa shape index (κ2) is 5.52. The molecule has 1 heteroatoms. The third-order valence-electron chi connectivity index (χ3n) is 3.01. The molecule has 0 radical (unpaired) electrons. The smallest absolute Gasteiger partial charge is 0.0428 e. The first kappa shape index (κ1) is 11.7. The number of hydrogen-bond acceptors (Lipinski definition) is 1. The molecule has 0 heterocycles. The highest BCUT2D eigenvalue weighted by Crippen LogP contribution is 2.21. The van der Waals surface area contributed by atoms with Gasteiger partial charge in [0.2, 0.25) is 0 Å². The van der Waals surface area contributed by atoms with Gasteiger partial charge in [0.25, 0.3) is 0 Å². The van der Waals surface area contributed by atoms with E-state index < -0.39 is 0 Å². The second-order valence-corrected chi connectivity index (χ2v) is 4.08. The molecular formula is C16H17N. The van der Waals surface area contributed by atoms with Crippen molar-refractivity contribution in [3.8, 4) is 11.8 Å². The molecule has 0 aliphatic carbocycles. The van der Waals surface area contributed by atoms with E-state index >= 15 is 0 Å². The lowest BCUT2D eigenvalue weighted by Crippen LogP contribution is -2.15. The van der Waals surface area contributed by atoms with Crippen LogP contribution >= 0.6 is 0 Å². The Bertz CT molecular complexity index is 560. The molecule has 0 saturated heterocycles. The summed E-state index contributed by atoms with van der Waals surface area (Å²) in [5.74, 6) is 6.08. The normalized spacial score (nSPS) is 11.9. The number of benzene rings is 2. The molecule has 2 aromatic rings. The predicted octanol–water partition coefficient (Wildman–Crippen LogP) is 3.51. The maximum absolute atomic E-state index is 3.32. The van der Waals surface area contributed by atoms with E-state index in [2.05, 4.69) is 59.6 Å². The summed E-state index contributed by atoms with van der Waals surface area (Å²) >= 11 is 0. The Labute approximate surface area is 103 Å². The average Bonchev–Trinajstić information content (AvgIpc) is 2.39. The van der Waals surface area contributed by atoms with Crippen molar-refractivity contribution in [3.63, 3.8) is 0 Å². The van der Waals surface area contributed by atoms with Crippen LogP contribution in [-0.4, -0.2) is 7.05 Å². The Balaban J connectivity index is 2.35. The number of nitrogens with one attached hydrogen (secondary N) is 1. The molecule has 0 aliphatic rings. The zero-order chi connectivity index (χ0) is 12.1. The fourth-order valence-corrected chi connectivity index (χ4v) is 2.02. The zero-order valence-electron chi connectivity index (χ0n) is 10.3. The van der Waals surface area contributed by atoms with Gasteiger partial charge in [-0.2, -0.15) is 0 Å². The largest absolute Gasteiger partial charge is 0.312 e. The molecule has 1 nitrogen and oxygen atoms in total. The molecule has 0 fully saturated rings. The minimum absolute atomic E-state index is 0.312. The monoisotopic (exact) mass is 223 g/mol. The van der Waals surface area contributed by atoms with Gasteiger partial charge in [-0.05, 0) is 36.4 Å². The first-order valence-corrected chi connectivity index (χ1v) is 5.90. The van der Waals surface area contributed by atoms with Crippen LogP contribution in [0.15, 0.2) is 42.5 Å². The summed E-state index contributed by atoms with van der Waals surface area (Å²) in [7, 11) is 1.98. The Morgan fingerprint density at radius 3 is 2.59 bits per heavy atom. The summed E-state index contributed by atoms with van der Waals surface area (Å²) in [4.78, 5) is 0. The van der Waals surface area contributed by atoms with Crippen molar-refractivity contribution in [2.24, 2.45) is 0 Å². The lowest BCUT2D eigenvalue weighted by atomic mass is 10.00. The molecule has 0 aliphatic heterocycles. The SMILES string of the molecule is CC#CCC(NC)c1ccc2ccccc2c1. The third-order valence-corrected chi connectivity index (χ3v) is 3.01. The van der Waals surface area contributed by atoms with Gasteiger partial charge in [0.05, 0.1) is 0 Å². The molecule has 2 rings (SSSR count). The van der Waals surface area contributed by atoms with Gasteiger partial charge in [-0.1, -0.05) is 36.4 Å². The summed E-state index contributed by atoms with van der Waals surface area (Å²) in [6.07, 6.45) is 0.853. The summed E-state index contributed by atoms with van der Waals surface area (Å²) in [6.45, 7) is 1.88. The molecule has 0 saturated carbocycles. The third kappa shape index (κ3) is 2.67. The summed E-state index contributed by atoms with van der Waals surface area (Å²) in [5.41, 5.74) is 1.30. The van der Waals surface area contributed by atoms with Crippen molar-refractivity contribution in [2.75, 3.05) is 7.05 Å². The summed E-state index contributed by atoms with van der Waals surface area (Å²) in [6, 6.07) is 15.3. The van der Waals surface area contributed by atoms with Crippen molar-refractivity contribution in [2.45, 2.75) is 19.4 Å². The van der Waals surface area contributed by atoms with Crippen molar-refractivity contribution >= 4 is 10.8 Å². The highest BCUT2D eigenvalue weighted by molar-refractivity contribution is 5.83. The van der Waals surface area contributed by atoms with Gasteiger partial charge in [-0.3, -0.25) is 0 Å². The van der Waals surface area contributed by atoms with Crippen molar-refractivity contribution in [3.05, 3.63) is 48.0 Å². The van der Waals surface area contributed by atoms with E-state index in [1.807, 2.05) is 14.0 Å². The van der Waals surface area contributed by atoms with Crippen LogP contribution < -0.4 is 5.32 Å². The van der Waals surface area contributed by atoms with Gasteiger partial charge in [-0.15, -0.1) is 11.8 Å². The van der Waals surface area contributed by atoms with Crippen LogP contribution in [0, 0.1) is 11.8 Å². The van der Waals surface area contributed by atoms with Gasteiger partial charge >= 0.3 is 0 Å². The van der Waals surface area contributed by atoms with Crippen LogP contribution in [0.25, 0.3) is 10.8 Å². The zero-order valence-corrected chi connectivity index (χ0v) is 10.3. The molecule has 0 spiro atoms. The fraction of sp³-hybridized carbons (Fsp3) is 0.250. The highest BCUT2D eigenvalue weighted by atomic mass is 14.9. The summed E-state index contributed by atoms with van der Waals surface area (Å²) in [5, 5.41) is 5.89. The molecule has 0 aromatic heterocycles. The van der Waals surface area contributed by atoms with Crippen LogP contribution in [0.5, 0.6) is 0 Å². The van der Waals surface area contributed by atoms with Crippen LogP contribution in [0.2, 0.25) is 0 Å². The minimum Gasteiger partial charge on any atom is -0.312 e. The quantitative estimate of drug-likeness (QED) is 0.785. The van der Waals surface area contributed by atoms with E-state index in [4.69, 9.17) is 0 Å². The Kier molecular flexibility index (Phi) is 3.80. The topological polar surface area (TPSA) is 12.0 Å². The van der Waals surface area contributed by atoms with Crippen LogP contribution in [0.1, 0.15) is 24.9 Å². The van der Waals surface area contributed by atoms with Gasteiger partial charge in [0.15, 0.2) is 0 Å². The first-order valence-electron chi connectivity index (χ1n) is 5.90. The highest BCUT2D eigenvalue weighted by Gasteiger charge is 2.07. The number of fused-ring (bicyclic) bond motifs is 1. The Hall–Kier alpha value is -1.78. The van der Waals surface area contributed by atoms with Crippen molar-refractivity contribution in [1.82, 2.24) is 5.32 Å². The maximum Gasteiger partial charge on any atom is 0.0428 e. The molecule has 1 N–H and O–H groups in total. The molecule has 2 aromatic carbocycles. The van der Waals surface area contributed by atoms with E-state index in [0.29, 0.717) is 6.04 Å². The molecule has 17 heavy (non-hydrogen) atoms. The Morgan fingerprint density at radius 2 is 1.88 bits per heavy atom. The van der Waals surface area contributed by atoms with Gasteiger partial charge in [0.1, 0.15) is 0 Å². The lowest BCUT2D eigenvalue weighted by Gasteiger charge is -2.14. The van der Waals surface area contributed by atoms with Gasteiger partial charge in [-0.25, -0.2) is 0 Å². The number of rotatable bonds is 3. The average molecular weight is 223 g/mol. The van der Waals surface area contributed by atoms with Crippen molar-refractivity contribution < 1.29 is 0 Å². The molecule has 86 valence electrons. The van der Waals surface area contributed by atoms with Gasteiger partial charge in [0, 0.05) is 12.5 Å². The van der Waals surface area contributed by atoms with E-state index in [0.717, 1.165) is 6.42 Å². The lowest BCUT2D eigenvalue weighted by molar-refractivity contribution is 0.612. The molecule has 1 unspecified atom stereocenters. The standard InChI is InChI=1S/C16H17N/c1-3-4-9-16(17-2)15-11-10-13-7-5-6-8-14(13)12-15/h5-8,10-12,16-17H,9H2,1-2H3. The maximum atomic E-state index is 3.32.